The second-order valence-corrected chi connectivity index (χ2v) is 3.41. The van der Waals surface area contributed by atoms with Crippen LogP contribution in [0.5, 0.6) is 5.75 Å². The summed E-state index contributed by atoms with van der Waals surface area (Å²) in [5.74, 6) is 0.520. The Bertz CT molecular complexity index is 468. The first kappa shape index (κ1) is 9.79. The fourth-order valence-corrected chi connectivity index (χ4v) is 1.59. The van der Waals surface area contributed by atoms with Gasteiger partial charge in [-0.1, -0.05) is 12.1 Å². The van der Waals surface area contributed by atoms with Gasteiger partial charge in [-0.25, -0.2) is 0 Å². The third kappa shape index (κ3) is 2.02. The average molecular weight is 220 g/mol. The number of carbonyl (C=O) groups excluding carboxylic acids is 1. The Morgan fingerprint density at radius 3 is 3.00 bits per heavy atom. The second-order valence-electron chi connectivity index (χ2n) is 2.85. The van der Waals surface area contributed by atoms with Crippen LogP contribution in [0.4, 0.5) is 0 Å². The molecule has 0 spiro atoms. The van der Waals surface area contributed by atoms with Crippen molar-refractivity contribution >= 4 is 17.5 Å². The van der Waals surface area contributed by atoms with Crippen molar-refractivity contribution < 1.29 is 9.53 Å². The van der Waals surface area contributed by atoms with Crippen molar-refractivity contribution in [3.63, 3.8) is 0 Å². The van der Waals surface area contributed by atoms with Gasteiger partial charge in [0.2, 0.25) is 5.78 Å². The van der Waals surface area contributed by atoms with Crippen LogP contribution in [-0.4, -0.2) is 21.6 Å². The van der Waals surface area contributed by atoms with Crippen LogP contribution in [0.15, 0.2) is 30.5 Å². The summed E-state index contributed by atoms with van der Waals surface area (Å²) in [4.78, 5) is 11.8. The van der Waals surface area contributed by atoms with Gasteiger partial charge in [0.15, 0.2) is 0 Å². The number of rotatable bonds is 3. The molecule has 2 aromatic rings. The molecule has 0 radical (unpaired) electrons. The first-order valence-corrected chi connectivity index (χ1v) is 5.00. The van der Waals surface area contributed by atoms with Gasteiger partial charge >= 0.3 is 0 Å². The van der Waals surface area contributed by atoms with E-state index >= 15 is 0 Å². The van der Waals surface area contributed by atoms with Gasteiger partial charge in [-0.2, -0.15) is 8.75 Å². The molecule has 15 heavy (non-hydrogen) atoms. The number of benzene rings is 1. The minimum absolute atomic E-state index is 0.136. The molecule has 0 saturated heterocycles. The van der Waals surface area contributed by atoms with E-state index in [1.54, 1.807) is 31.4 Å². The number of hydrogen-bond acceptors (Lipinski definition) is 5. The topological polar surface area (TPSA) is 52.1 Å². The largest absolute Gasteiger partial charge is 0.497 e. The van der Waals surface area contributed by atoms with Gasteiger partial charge in [0.05, 0.1) is 25.0 Å². The van der Waals surface area contributed by atoms with Crippen LogP contribution in [0.2, 0.25) is 0 Å². The van der Waals surface area contributed by atoms with E-state index in [1.807, 2.05) is 0 Å². The van der Waals surface area contributed by atoms with E-state index in [1.165, 1.54) is 6.20 Å². The Labute approximate surface area is 90.9 Å². The molecular formula is C10H8N2O2S. The van der Waals surface area contributed by atoms with Crippen LogP contribution in [-0.2, 0) is 0 Å². The van der Waals surface area contributed by atoms with Crippen LogP contribution in [0.3, 0.4) is 0 Å². The molecule has 76 valence electrons. The van der Waals surface area contributed by atoms with Gasteiger partial charge in [-0.15, -0.1) is 0 Å². The van der Waals surface area contributed by atoms with E-state index in [-0.39, 0.29) is 5.78 Å². The van der Waals surface area contributed by atoms with E-state index in [0.29, 0.717) is 17.0 Å². The molecule has 4 nitrogen and oxygen atoms in total. The molecule has 0 unspecified atom stereocenters. The lowest BCUT2D eigenvalue weighted by Gasteiger charge is -2.01. The number of nitrogens with zero attached hydrogens (tertiary/aromatic N) is 2. The maximum absolute atomic E-state index is 11.8. The Hall–Kier alpha value is -1.75. The first-order valence-electron chi connectivity index (χ1n) is 4.27. The van der Waals surface area contributed by atoms with Gasteiger partial charge in [-0.3, -0.25) is 4.79 Å². The van der Waals surface area contributed by atoms with Gasteiger partial charge in [0, 0.05) is 5.56 Å². The first-order chi connectivity index (χ1) is 7.31. The van der Waals surface area contributed by atoms with Crippen molar-refractivity contribution in [1.82, 2.24) is 8.75 Å². The predicted octanol–water partition coefficient (Wildman–Crippen LogP) is 1.78. The van der Waals surface area contributed by atoms with Gasteiger partial charge in [0.25, 0.3) is 0 Å². The lowest BCUT2D eigenvalue weighted by atomic mass is 10.1. The molecule has 0 atom stereocenters. The van der Waals surface area contributed by atoms with Crippen molar-refractivity contribution in [2.75, 3.05) is 7.11 Å². The molecule has 0 bridgehead atoms. The lowest BCUT2D eigenvalue weighted by molar-refractivity contribution is 0.103. The highest BCUT2D eigenvalue weighted by Crippen LogP contribution is 2.15. The predicted molar refractivity (Wildman–Crippen MR) is 56.3 cm³/mol. The molecule has 0 N–H and O–H groups in total. The number of ketones is 1. The highest BCUT2D eigenvalue weighted by molar-refractivity contribution is 6.99. The van der Waals surface area contributed by atoms with E-state index in [2.05, 4.69) is 8.75 Å². The summed E-state index contributed by atoms with van der Waals surface area (Å²) < 4.78 is 12.7. The summed E-state index contributed by atoms with van der Waals surface area (Å²) in [6.45, 7) is 0. The van der Waals surface area contributed by atoms with Crippen molar-refractivity contribution in [3.8, 4) is 5.75 Å². The maximum Gasteiger partial charge on any atom is 0.214 e. The average Bonchev–Trinajstić information content (AvgIpc) is 2.81. The van der Waals surface area contributed by atoms with Crippen molar-refractivity contribution in [2.24, 2.45) is 0 Å². The molecule has 0 amide bonds. The van der Waals surface area contributed by atoms with E-state index in [4.69, 9.17) is 4.74 Å². The SMILES string of the molecule is COc1cccc(C(=O)c2cnsn2)c1. The van der Waals surface area contributed by atoms with Gasteiger partial charge in [0.1, 0.15) is 11.4 Å². The smallest absolute Gasteiger partial charge is 0.214 e. The number of hydrogen-bond donors (Lipinski definition) is 0. The molecule has 1 aromatic heterocycles. The molecule has 0 aliphatic heterocycles. The Morgan fingerprint density at radius 2 is 2.33 bits per heavy atom. The highest BCUT2D eigenvalue weighted by atomic mass is 32.1. The molecule has 0 aliphatic carbocycles. The fourth-order valence-electron chi connectivity index (χ4n) is 1.18. The van der Waals surface area contributed by atoms with E-state index in [0.717, 1.165) is 11.7 Å². The lowest BCUT2D eigenvalue weighted by Crippen LogP contribution is -2.01. The molecule has 0 saturated carbocycles. The third-order valence-electron chi connectivity index (χ3n) is 1.93. The summed E-state index contributed by atoms with van der Waals surface area (Å²) in [5, 5.41) is 0. The summed E-state index contributed by atoms with van der Waals surface area (Å²) in [5.41, 5.74) is 0.926. The third-order valence-corrected chi connectivity index (χ3v) is 2.40. The minimum atomic E-state index is -0.136. The molecule has 2 rings (SSSR count). The van der Waals surface area contributed by atoms with Crippen molar-refractivity contribution in [2.45, 2.75) is 0 Å². The summed E-state index contributed by atoms with van der Waals surface area (Å²) in [6.07, 6.45) is 1.46. The molecular weight excluding hydrogens is 212 g/mol. The number of aromatic nitrogens is 2. The molecule has 5 heteroatoms. The Balaban J connectivity index is 2.34. The molecule has 1 heterocycles. The van der Waals surface area contributed by atoms with Crippen molar-refractivity contribution in [1.29, 1.82) is 0 Å². The quantitative estimate of drug-likeness (QED) is 0.740. The second kappa shape index (κ2) is 4.18. The number of carbonyl (C=O) groups is 1. The van der Waals surface area contributed by atoms with Gasteiger partial charge in [-0.05, 0) is 12.1 Å². The monoisotopic (exact) mass is 220 g/mol. The van der Waals surface area contributed by atoms with E-state index in [9.17, 15) is 4.79 Å². The summed E-state index contributed by atoms with van der Waals surface area (Å²) in [6, 6.07) is 6.97. The Morgan fingerprint density at radius 1 is 1.47 bits per heavy atom. The summed E-state index contributed by atoms with van der Waals surface area (Å²) >= 11 is 1.02. The van der Waals surface area contributed by atoms with Crippen LogP contribution in [0.25, 0.3) is 0 Å². The standard InChI is InChI=1S/C10H8N2O2S/c1-14-8-4-2-3-7(5-8)10(13)9-6-11-15-12-9/h2-6H,1H3. The van der Waals surface area contributed by atoms with Crippen molar-refractivity contribution in [3.05, 3.63) is 41.7 Å². The zero-order valence-corrected chi connectivity index (χ0v) is 8.82. The number of ether oxygens (including phenoxy) is 1. The highest BCUT2D eigenvalue weighted by Gasteiger charge is 2.11. The zero-order chi connectivity index (χ0) is 10.7. The van der Waals surface area contributed by atoms with E-state index < -0.39 is 0 Å². The van der Waals surface area contributed by atoms with Gasteiger partial charge < -0.3 is 4.74 Å². The maximum atomic E-state index is 11.8. The van der Waals surface area contributed by atoms with Crippen LogP contribution >= 0.6 is 11.7 Å². The normalized spacial score (nSPS) is 9.93. The fraction of sp³-hybridized carbons (Fsp3) is 0.100. The summed E-state index contributed by atoms with van der Waals surface area (Å²) in [7, 11) is 1.56. The Kier molecular flexibility index (Phi) is 2.73. The van der Waals surface area contributed by atoms with Crippen LogP contribution in [0, 0.1) is 0 Å². The molecule has 0 aliphatic rings. The number of methoxy groups -OCH3 is 1. The molecule has 1 aromatic carbocycles. The van der Waals surface area contributed by atoms with Crippen LogP contribution in [0.1, 0.15) is 16.1 Å². The molecule has 0 fully saturated rings. The minimum Gasteiger partial charge on any atom is -0.497 e. The zero-order valence-electron chi connectivity index (χ0n) is 8.01. The van der Waals surface area contributed by atoms with Crippen LogP contribution < -0.4 is 4.74 Å².